The summed E-state index contributed by atoms with van der Waals surface area (Å²) in [4.78, 5) is 10.3. The molecule has 0 fully saturated rings. The molecule has 12 heavy (non-hydrogen) atoms. The number of esters is 1. The van der Waals surface area contributed by atoms with Gasteiger partial charge in [-0.05, 0) is 20.3 Å². The molecule has 0 rings (SSSR count). The summed E-state index contributed by atoms with van der Waals surface area (Å²) in [5.41, 5.74) is 0. The zero-order valence-corrected chi connectivity index (χ0v) is 8.59. The second kappa shape index (κ2) is 12.8. The first kappa shape index (κ1) is 13.8. The van der Waals surface area contributed by atoms with Crippen LogP contribution in [0, 0.1) is 0 Å². The van der Waals surface area contributed by atoms with Crippen molar-refractivity contribution < 1.29 is 9.53 Å². The molecule has 0 unspecified atom stereocenters. The Morgan fingerprint density at radius 3 is 2.00 bits per heavy atom. The van der Waals surface area contributed by atoms with Gasteiger partial charge in [-0.1, -0.05) is 26.0 Å². The van der Waals surface area contributed by atoms with Crippen molar-refractivity contribution in [1.82, 2.24) is 0 Å². The first-order valence-corrected chi connectivity index (χ1v) is 4.45. The minimum atomic E-state index is -0.105. The van der Waals surface area contributed by atoms with E-state index >= 15 is 0 Å². The summed E-state index contributed by atoms with van der Waals surface area (Å²) in [7, 11) is 0. The minimum Gasteiger partial charge on any atom is -0.466 e. The van der Waals surface area contributed by atoms with Gasteiger partial charge in [0.1, 0.15) is 0 Å². The van der Waals surface area contributed by atoms with Gasteiger partial charge in [-0.2, -0.15) is 0 Å². The Bertz CT molecular complexity index is 113. The third-order valence-electron chi connectivity index (χ3n) is 1.09. The SMILES string of the molecule is CC=CC.CCCOC(=O)CC. The molecule has 2 nitrogen and oxygen atoms in total. The van der Waals surface area contributed by atoms with Gasteiger partial charge in [0.2, 0.25) is 0 Å². The Labute approximate surface area is 75.6 Å². The molecule has 0 aliphatic rings. The van der Waals surface area contributed by atoms with Crippen molar-refractivity contribution in [3.05, 3.63) is 12.2 Å². The summed E-state index contributed by atoms with van der Waals surface area (Å²) < 4.78 is 4.70. The number of carbonyl (C=O) groups is 1. The topological polar surface area (TPSA) is 26.3 Å². The number of carbonyl (C=O) groups excluding carboxylic acids is 1. The van der Waals surface area contributed by atoms with Crippen LogP contribution in [0.5, 0.6) is 0 Å². The third kappa shape index (κ3) is 16.1. The highest BCUT2D eigenvalue weighted by Crippen LogP contribution is 1.85. The lowest BCUT2D eigenvalue weighted by molar-refractivity contribution is -0.143. The summed E-state index contributed by atoms with van der Waals surface area (Å²) in [6.45, 7) is 8.33. The molecule has 0 aromatic heterocycles. The molecule has 0 radical (unpaired) electrons. The first-order chi connectivity index (χ1) is 5.72. The van der Waals surface area contributed by atoms with Crippen LogP contribution in [0.1, 0.15) is 40.5 Å². The van der Waals surface area contributed by atoms with Gasteiger partial charge in [0.15, 0.2) is 0 Å². The van der Waals surface area contributed by atoms with E-state index in [2.05, 4.69) is 0 Å². The maximum atomic E-state index is 10.3. The molecule has 0 atom stereocenters. The van der Waals surface area contributed by atoms with Crippen LogP contribution in [-0.4, -0.2) is 12.6 Å². The molecule has 2 heteroatoms. The molecule has 0 aliphatic carbocycles. The normalized spacial score (nSPS) is 9.00. The summed E-state index contributed by atoms with van der Waals surface area (Å²) in [5, 5.41) is 0. The lowest BCUT2D eigenvalue weighted by Gasteiger charge is -1.97. The van der Waals surface area contributed by atoms with Gasteiger partial charge in [0.25, 0.3) is 0 Å². The zero-order valence-electron chi connectivity index (χ0n) is 8.59. The molecule has 0 aromatic rings. The molecule has 72 valence electrons. The second-order valence-corrected chi connectivity index (χ2v) is 2.24. The molecule has 0 bridgehead atoms. The van der Waals surface area contributed by atoms with Crippen LogP contribution in [0.25, 0.3) is 0 Å². The van der Waals surface area contributed by atoms with Crippen molar-refractivity contribution in [2.24, 2.45) is 0 Å². The Morgan fingerprint density at radius 1 is 1.25 bits per heavy atom. The van der Waals surface area contributed by atoms with Crippen LogP contribution in [0.15, 0.2) is 12.2 Å². The smallest absolute Gasteiger partial charge is 0.305 e. The highest BCUT2D eigenvalue weighted by Gasteiger charge is 1.93. The van der Waals surface area contributed by atoms with E-state index < -0.39 is 0 Å². The van der Waals surface area contributed by atoms with E-state index in [1.165, 1.54) is 0 Å². The van der Waals surface area contributed by atoms with Gasteiger partial charge in [0, 0.05) is 6.42 Å². The van der Waals surface area contributed by atoms with E-state index in [9.17, 15) is 4.79 Å². The van der Waals surface area contributed by atoms with E-state index in [0.717, 1.165) is 6.42 Å². The van der Waals surface area contributed by atoms with Crippen LogP contribution in [-0.2, 0) is 9.53 Å². The number of hydrogen-bond donors (Lipinski definition) is 0. The number of hydrogen-bond acceptors (Lipinski definition) is 2. The highest BCUT2D eigenvalue weighted by molar-refractivity contribution is 5.68. The second-order valence-electron chi connectivity index (χ2n) is 2.24. The van der Waals surface area contributed by atoms with E-state index in [1.807, 2.05) is 32.9 Å². The molecular formula is C10H20O2. The summed E-state index contributed by atoms with van der Waals surface area (Å²) in [5.74, 6) is -0.105. The predicted molar refractivity (Wildman–Crippen MR) is 52.0 cm³/mol. The molecule has 0 heterocycles. The van der Waals surface area contributed by atoms with Crippen molar-refractivity contribution in [2.75, 3.05) is 6.61 Å². The largest absolute Gasteiger partial charge is 0.466 e. The standard InChI is InChI=1S/C6H12O2.C4H8/c1-3-5-8-6(7)4-2;1-3-4-2/h3-5H2,1-2H3;3-4H,1-2H3. The van der Waals surface area contributed by atoms with Crippen LogP contribution >= 0.6 is 0 Å². The Hall–Kier alpha value is -0.790. The van der Waals surface area contributed by atoms with Crippen LogP contribution < -0.4 is 0 Å². The van der Waals surface area contributed by atoms with Crippen LogP contribution in [0.2, 0.25) is 0 Å². The molecule has 0 saturated carbocycles. The summed E-state index contributed by atoms with van der Waals surface area (Å²) in [6, 6.07) is 0. The predicted octanol–water partition coefficient (Wildman–Crippen LogP) is 2.93. The third-order valence-corrected chi connectivity index (χ3v) is 1.09. The average Bonchev–Trinajstić information content (AvgIpc) is 2.14. The number of allylic oxidation sites excluding steroid dienone is 2. The molecule has 0 aromatic carbocycles. The summed E-state index contributed by atoms with van der Waals surface area (Å²) in [6.07, 6.45) is 5.39. The van der Waals surface area contributed by atoms with Crippen molar-refractivity contribution in [2.45, 2.75) is 40.5 Å². The molecule has 0 N–H and O–H groups in total. The molecule has 0 amide bonds. The minimum absolute atomic E-state index is 0.105. The van der Waals surface area contributed by atoms with Crippen molar-refractivity contribution in [1.29, 1.82) is 0 Å². The van der Waals surface area contributed by atoms with E-state index in [1.54, 1.807) is 6.92 Å². The van der Waals surface area contributed by atoms with E-state index in [4.69, 9.17) is 4.74 Å². The lowest BCUT2D eigenvalue weighted by atomic mass is 10.5. The number of rotatable bonds is 3. The molecule has 0 aliphatic heterocycles. The van der Waals surface area contributed by atoms with Gasteiger partial charge in [-0.25, -0.2) is 0 Å². The maximum absolute atomic E-state index is 10.3. The maximum Gasteiger partial charge on any atom is 0.305 e. The van der Waals surface area contributed by atoms with E-state index in [-0.39, 0.29) is 5.97 Å². The fourth-order valence-electron chi connectivity index (χ4n) is 0.318. The highest BCUT2D eigenvalue weighted by atomic mass is 16.5. The monoisotopic (exact) mass is 172 g/mol. The van der Waals surface area contributed by atoms with Gasteiger partial charge >= 0.3 is 5.97 Å². The Kier molecular flexibility index (Phi) is 14.8. The average molecular weight is 172 g/mol. The molecular weight excluding hydrogens is 152 g/mol. The number of ether oxygens (including phenoxy) is 1. The van der Waals surface area contributed by atoms with Crippen molar-refractivity contribution >= 4 is 5.97 Å². The van der Waals surface area contributed by atoms with Crippen molar-refractivity contribution in [3.8, 4) is 0 Å². The van der Waals surface area contributed by atoms with Crippen LogP contribution in [0.4, 0.5) is 0 Å². The molecule has 0 saturated heterocycles. The Balaban J connectivity index is 0. The fraction of sp³-hybridized carbons (Fsp3) is 0.700. The summed E-state index contributed by atoms with van der Waals surface area (Å²) >= 11 is 0. The van der Waals surface area contributed by atoms with Gasteiger partial charge < -0.3 is 4.74 Å². The van der Waals surface area contributed by atoms with Gasteiger partial charge in [-0.15, -0.1) is 0 Å². The van der Waals surface area contributed by atoms with Gasteiger partial charge in [0.05, 0.1) is 6.61 Å². The lowest BCUT2D eigenvalue weighted by Crippen LogP contribution is -2.02. The quantitative estimate of drug-likeness (QED) is 0.483. The zero-order chi connectivity index (χ0) is 9.82. The van der Waals surface area contributed by atoms with Crippen molar-refractivity contribution in [3.63, 3.8) is 0 Å². The fourth-order valence-corrected chi connectivity index (χ4v) is 0.318. The van der Waals surface area contributed by atoms with Crippen LogP contribution in [0.3, 0.4) is 0 Å². The molecule has 0 spiro atoms. The van der Waals surface area contributed by atoms with E-state index in [0.29, 0.717) is 13.0 Å². The Morgan fingerprint density at radius 2 is 1.75 bits per heavy atom. The first-order valence-electron chi connectivity index (χ1n) is 4.45. The van der Waals surface area contributed by atoms with Gasteiger partial charge in [-0.3, -0.25) is 4.79 Å².